The van der Waals surface area contributed by atoms with Gasteiger partial charge >= 0.3 is 5.97 Å². The maximum Gasteiger partial charge on any atom is 0.345 e. The number of carboxylic acids is 1. The van der Waals surface area contributed by atoms with Crippen molar-refractivity contribution in [3.8, 4) is 22.8 Å². The number of halogens is 2. The number of ether oxygens (including phenoxy) is 2. The molecule has 9 heteroatoms. The molecule has 6 nitrogen and oxygen atoms in total. The van der Waals surface area contributed by atoms with Crippen LogP contribution in [0.25, 0.3) is 11.3 Å². The van der Waals surface area contributed by atoms with Crippen molar-refractivity contribution < 1.29 is 28.2 Å². The molecule has 3 heterocycles. The monoisotopic (exact) mass is 446 g/mol. The van der Waals surface area contributed by atoms with E-state index in [-0.39, 0.29) is 17.6 Å². The quantitative estimate of drug-likeness (QED) is 0.581. The fourth-order valence-corrected chi connectivity index (χ4v) is 4.25. The largest absolute Gasteiger partial charge is 0.486 e. The highest BCUT2D eigenvalue weighted by Crippen LogP contribution is 2.37. The van der Waals surface area contributed by atoms with Crippen LogP contribution in [0.3, 0.4) is 0 Å². The number of hydrogen-bond donors (Lipinski definition) is 1. The number of carbonyl (C=O) groups is 1. The van der Waals surface area contributed by atoms with Crippen LogP contribution in [0.15, 0.2) is 36.5 Å². The van der Waals surface area contributed by atoms with Crippen molar-refractivity contribution in [1.29, 1.82) is 0 Å². The molecule has 0 spiro atoms. The molecule has 3 aromatic rings. The molecule has 2 aromatic heterocycles. The topological polar surface area (TPSA) is 71.9 Å². The molecule has 162 valence electrons. The average Bonchev–Trinajstić information content (AvgIpc) is 3.06. The van der Waals surface area contributed by atoms with Gasteiger partial charge in [0.1, 0.15) is 46.4 Å². The minimum atomic E-state index is -1.02. The SMILES string of the molecule is Cc1sc(C(=O)O)cc1-c1ncc(OC2CN(C)C2)cc1OCc1cc(F)cc(F)c1. The number of nitrogens with zero attached hydrogens (tertiary/aromatic N) is 2. The van der Waals surface area contributed by atoms with E-state index in [4.69, 9.17) is 9.47 Å². The first-order valence-corrected chi connectivity index (χ1v) is 10.4. The minimum absolute atomic E-state index is 0.0457. The number of benzene rings is 1. The Hall–Kier alpha value is -3.04. The highest BCUT2D eigenvalue weighted by atomic mass is 32.1. The molecule has 0 atom stereocenters. The highest BCUT2D eigenvalue weighted by molar-refractivity contribution is 7.14. The zero-order valence-corrected chi connectivity index (χ0v) is 17.7. The van der Waals surface area contributed by atoms with Crippen molar-refractivity contribution in [2.75, 3.05) is 20.1 Å². The molecular formula is C22H20F2N2O4S. The lowest BCUT2D eigenvalue weighted by atomic mass is 10.1. The molecule has 1 aromatic carbocycles. The molecular weight excluding hydrogens is 426 g/mol. The number of likely N-dealkylation sites (N-methyl/N-ethyl adjacent to an activating group) is 1. The van der Waals surface area contributed by atoms with Crippen LogP contribution < -0.4 is 9.47 Å². The number of thiophene rings is 1. The summed E-state index contributed by atoms with van der Waals surface area (Å²) in [6.07, 6.45) is 1.62. The molecule has 4 rings (SSSR count). The Labute approximate surface area is 181 Å². The second-order valence-electron chi connectivity index (χ2n) is 7.43. The van der Waals surface area contributed by atoms with Gasteiger partial charge in [-0.1, -0.05) is 0 Å². The number of aromatic nitrogens is 1. The van der Waals surface area contributed by atoms with E-state index >= 15 is 0 Å². The van der Waals surface area contributed by atoms with Crippen LogP contribution in [-0.4, -0.2) is 47.2 Å². The first-order chi connectivity index (χ1) is 14.8. The molecule has 1 aliphatic heterocycles. The van der Waals surface area contributed by atoms with Crippen LogP contribution >= 0.6 is 11.3 Å². The summed E-state index contributed by atoms with van der Waals surface area (Å²) in [6.45, 7) is 3.31. The lowest BCUT2D eigenvalue weighted by molar-refractivity contribution is 0.0384. The Kier molecular flexibility index (Phi) is 5.88. The summed E-state index contributed by atoms with van der Waals surface area (Å²) >= 11 is 1.14. The summed E-state index contributed by atoms with van der Waals surface area (Å²) in [5, 5.41) is 9.30. The molecule has 0 radical (unpaired) electrons. The van der Waals surface area contributed by atoms with Gasteiger partial charge in [-0.3, -0.25) is 4.90 Å². The van der Waals surface area contributed by atoms with Gasteiger partial charge in [0.15, 0.2) is 0 Å². The Morgan fingerprint density at radius 1 is 1.23 bits per heavy atom. The number of carboxylic acid groups (broad SMARTS) is 1. The third kappa shape index (κ3) is 4.83. The van der Waals surface area contributed by atoms with Crippen LogP contribution in [0.1, 0.15) is 20.1 Å². The van der Waals surface area contributed by atoms with Crippen molar-refractivity contribution >= 4 is 17.3 Å². The van der Waals surface area contributed by atoms with E-state index in [9.17, 15) is 18.7 Å². The van der Waals surface area contributed by atoms with E-state index in [2.05, 4.69) is 9.88 Å². The summed E-state index contributed by atoms with van der Waals surface area (Å²) in [4.78, 5) is 18.9. The summed E-state index contributed by atoms with van der Waals surface area (Å²) in [5.74, 6) is -1.56. The Balaban J connectivity index is 1.65. The van der Waals surface area contributed by atoms with Gasteiger partial charge in [-0.05, 0) is 37.7 Å². The third-order valence-corrected chi connectivity index (χ3v) is 5.90. The van der Waals surface area contributed by atoms with Gasteiger partial charge in [0.25, 0.3) is 0 Å². The number of likely N-dealkylation sites (tertiary alicyclic amines) is 1. The first-order valence-electron chi connectivity index (χ1n) is 9.55. The molecule has 31 heavy (non-hydrogen) atoms. The van der Waals surface area contributed by atoms with Crippen LogP contribution in [0.4, 0.5) is 8.78 Å². The smallest absolute Gasteiger partial charge is 0.345 e. The third-order valence-electron chi connectivity index (χ3n) is 4.86. The molecule has 0 saturated carbocycles. The molecule has 0 aliphatic carbocycles. The molecule has 1 aliphatic rings. The van der Waals surface area contributed by atoms with Gasteiger partial charge in [-0.2, -0.15) is 0 Å². The summed E-state index contributed by atoms with van der Waals surface area (Å²) in [5.41, 5.74) is 1.39. The van der Waals surface area contributed by atoms with Gasteiger partial charge in [-0.25, -0.2) is 18.6 Å². The van der Waals surface area contributed by atoms with Crippen molar-refractivity contribution in [3.05, 3.63) is 63.5 Å². The summed E-state index contributed by atoms with van der Waals surface area (Å²) in [6, 6.07) is 6.40. The average molecular weight is 446 g/mol. The van der Waals surface area contributed by atoms with Gasteiger partial charge in [0.05, 0.1) is 6.20 Å². The second kappa shape index (κ2) is 8.60. The van der Waals surface area contributed by atoms with Gasteiger partial charge in [0.2, 0.25) is 0 Å². The molecule has 1 fully saturated rings. The van der Waals surface area contributed by atoms with E-state index in [1.54, 1.807) is 25.3 Å². The fraction of sp³-hybridized carbons (Fsp3) is 0.273. The van der Waals surface area contributed by atoms with Gasteiger partial charge in [-0.15, -0.1) is 11.3 Å². The van der Waals surface area contributed by atoms with Crippen molar-refractivity contribution in [3.63, 3.8) is 0 Å². The fourth-order valence-electron chi connectivity index (χ4n) is 3.39. The maximum atomic E-state index is 13.5. The summed E-state index contributed by atoms with van der Waals surface area (Å²) < 4.78 is 38.9. The highest BCUT2D eigenvalue weighted by Gasteiger charge is 2.26. The molecule has 0 unspecified atom stereocenters. The van der Waals surface area contributed by atoms with Crippen LogP contribution in [0, 0.1) is 18.6 Å². The van der Waals surface area contributed by atoms with Crippen molar-refractivity contribution in [2.45, 2.75) is 19.6 Å². The lowest BCUT2D eigenvalue weighted by Gasteiger charge is -2.35. The molecule has 0 bridgehead atoms. The van der Waals surface area contributed by atoms with Gasteiger partial charge < -0.3 is 14.6 Å². The van der Waals surface area contributed by atoms with E-state index in [1.807, 2.05) is 7.05 Å². The zero-order valence-electron chi connectivity index (χ0n) is 16.9. The van der Waals surface area contributed by atoms with E-state index < -0.39 is 17.6 Å². The Morgan fingerprint density at radius 3 is 2.55 bits per heavy atom. The predicted octanol–water partition coefficient (Wildman–Crippen LogP) is 4.37. The van der Waals surface area contributed by atoms with Crippen LogP contribution in [0.5, 0.6) is 11.5 Å². The zero-order chi connectivity index (χ0) is 22.1. The van der Waals surface area contributed by atoms with Crippen LogP contribution in [0.2, 0.25) is 0 Å². The number of rotatable bonds is 7. The van der Waals surface area contributed by atoms with E-state index in [1.165, 1.54) is 12.1 Å². The molecule has 1 saturated heterocycles. The normalized spacial score (nSPS) is 14.3. The minimum Gasteiger partial charge on any atom is -0.486 e. The second-order valence-corrected chi connectivity index (χ2v) is 8.69. The molecule has 1 N–H and O–H groups in total. The standard InChI is InChI=1S/C22H20F2N2O4S/c1-12-18(7-20(31-12)22(27)28)21-19(29-11-13-3-14(23)5-15(24)4-13)6-16(8-25-21)30-17-9-26(2)10-17/h3-8,17H,9-11H2,1-2H3,(H,27,28). The number of aromatic carboxylic acids is 1. The Morgan fingerprint density at radius 2 is 1.94 bits per heavy atom. The summed E-state index contributed by atoms with van der Waals surface area (Å²) in [7, 11) is 1.99. The Bertz CT molecular complexity index is 1110. The van der Waals surface area contributed by atoms with E-state index in [0.717, 1.165) is 35.4 Å². The van der Waals surface area contributed by atoms with Crippen molar-refractivity contribution in [2.24, 2.45) is 0 Å². The number of hydrogen-bond acceptors (Lipinski definition) is 6. The van der Waals surface area contributed by atoms with E-state index in [0.29, 0.717) is 28.3 Å². The molecule has 0 amide bonds. The number of aryl methyl sites for hydroxylation is 1. The first kappa shape index (κ1) is 21.2. The van der Waals surface area contributed by atoms with Crippen molar-refractivity contribution in [1.82, 2.24) is 9.88 Å². The van der Waals surface area contributed by atoms with Crippen LogP contribution in [-0.2, 0) is 6.61 Å². The van der Waals surface area contributed by atoms with Gasteiger partial charge in [0, 0.05) is 35.7 Å². The predicted molar refractivity (Wildman–Crippen MR) is 112 cm³/mol. The lowest BCUT2D eigenvalue weighted by Crippen LogP contribution is -2.51. The maximum absolute atomic E-state index is 13.5. The number of pyridine rings is 1.